The lowest BCUT2D eigenvalue weighted by atomic mass is 10.0. The maximum absolute atomic E-state index is 5.18. The summed E-state index contributed by atoms with van der Waals surface area (Å²) in [6.07, 6.45) is 8.06. The van der Waals surface area contributed by atoms with Gasteiger partial charge in [0.05, 0.1) is 7.11 Å². The van der Waals surface area contributed by atoms with Gasteiger partial charge in [-0.3, -0.25) is 0 Å². The Kier molecular flexibility index (Phi) is 5.06. The average Bonchev–Trinajstić information content (AvgIpc) is 3.24. The molecule has 1 fully saturated rings. The molecule has 0 aliphatic heterocycles. The van der Waals surface area contributed by atoms with Gasteiger partial charge in [-0.2, -0.15) is 0 Å². The summed E-state index contributed by atoms with van der Waals surface area (Å²) in [5, 5.41) is 3.45. The summed E-state index contributed by atoms with van der Waals surface area (Å²) in [5.41, 5.74) is 1.41. The fourth-order valence-corrected chi connectivity index (χ4v) is 2.41. The third kappa shape index (κ3) is 4.34. The number of hydrogen-bond donors (Lipinski definition) is 1. The minimum atomic E-state index is 0.674. The first-order valence-corrected chi connectivity index (χ1v) is 7.12. The van der Waals surface area contributed by atoms with Gasteiger partial charge in [-0.05, 0) is 56.3 Å². The van der Waals surface area contributed by atoms with E-state index < -0.39 is 0 Å². The number of nitrogens with one attached hydrogen (secondary N) is 1. The molecule has 18 heavy (non-hydrogen) atoms. The van der Waals surface area contributed by atoms with E-state index in [4.69, 9.17) is 4.74 Å². The van der Waals surface area contributed by atoms with Crippen molar-refractivity contribution < 1.29 is 4.74 Å². The summed E-state index contributed by atoms with van der Waals surface area (Å²) in [7, 11) is 3.80. The van der Waals surface area contributed by atoms with Crippen molar-refractivity contribution in [2.75, 3.05) is 14.2 Å². The smallest absolute Gasteiger partial charge is 0.118 e. The standard InChI is InChI=1S/C16H25NO/c1-17-15(9-5-13-3-4-13)10-6-14-7-11-16(18-2)12-8-14/h7-8,11-13,15,17H,3-6,9-10H2,1-2H3. The fraction of sp³-hybridized carbons (Fsp3) is 0.625. The van der Waals surface area contributed by atoms with Crippen molar-refractivity contribution in [2.45, 2.75) is 44.6 Å². The molecule has 100 valence electrons. The lowest BCUT2D eigenvalue weighted by molar-refractivity contribution is 0.414. The molecular weight excluding hydrogens is 222 g/mol. The number of methoxy groups -OCH3 is 1. The van der Waals surface area contributed by atoms with Gasteiger partial charge in [0, 0.05) is 6.04 Å². The molecule has 0 saturated heterocycles. The van der Waals surface area contributed by atoms with Crippen molar-refractivity contribution in [3.8, 4) is 5.75 Å². The molecule has 2 rings (SSSR count). The number of hydrogen-bond acceptors (Lipinski definition) is 2. The molecule has 0 radical (unpaired) electrons. The zero-order chi connectivity index (χ0) is 12.8. The molecule has 0 bridgehead atoms. The molecule has 1 unspecified atom stereocenters. The fourth-order valence-electron chi connectivity index (χ4n) is 2.41. The second-order valence-electron chi connectivity index (χ2n) is 5.39. The third-order valence-electron chi connectivity index (χ3n) is 3.97. The molecule has 2 nitrogen and oxygen atoms in total. The Morgan fingerprint density at radius 3 is 2.50 bits per heavy atom. The second kappa shape index (κ2) is 6.79. The van der Waals surface area contributed by atoms with Gasteiger partial charge in [-0.25, -0.2) is 0 Å². The van der Waals surface area contributed by atoms with Crippen molar-refractivity contribution >= 4 is 0 Å². The van der Waals surface area contributed by atoms with Gasteiger partial charge in [0.1, 0.15) is 5.75 Å². The summed E-state index contributed by atoms with van der Waals surface area (Å²) in [6.45, 7) is 0. The summed E-state index contributed by atoms with van der Waals surface area (Å²) in [6, 6.07) is 9.12. The highest BCUT2D eigenvalue weighted by atomic mass is 16.5. The van der Waals surface area contributed by atoms with Crippen LogP contribution in [0.15, 0.2) is 24.3 Å². The van der Waals surface area contributed by atoms with Gasteiger partial charge in [0.15, 0.2) is 0 Å². The van der Waals surface area contributed by atoms with Crippen molar-refractivity contribution in [1.82, 2.24) is 5.32 Å². The molecule has 0 heterocycles. The quantitative estimate of drug-likeness (QED) is 0.760. The molecule has 1 atom stereocenters. The molecule has 1 N–H and O–H groups in total. The predicted molar refractivity (Wildman–Crippen MR) is 76.1 cm³/mol. The van der Waals surface area contributed by atoms with Crippen molar-refractivity contribution in [2.24, 2.45) is 5.92 Å². The van der Waals surface area contributed by atoms with Crippen LogP contribution in [0.1, 0.15) is 37.7 Å². The van der Waals surface area contributed by atoms with Crippen LogP contribution in [0.4, 0.5) is 0 Å². The van der Waals surface area contributed by atoms with Crippen LogP contribution in [0.3, 0.4) is 0 Å². The van der Waals surface area contributed by atoms with Crippen LogP contribution in [0, 0.1) is 5.92 Å². The van der Waals surface area contributed by atoms with Crippen LogP contribution < -0.4 is 10.1 Å². The largest absolute Gasteiger partial charge is 0.497 e. The average molecular weight is 247 g/mol. The van der Waals surface area contributed by atoms with Crippen LogP contribution in [-0.2, 0) is 6.42 Å². The van der Waals surface area contributed by atoms with E-state index in [1.807, 2.05) is 12.1 Å². The van der Waals surface area contributed by atoms with E-state index in [1.165, 1.54) is 37.7 Å². The molecular formula is C16H25NO. The summed E-state index contributed by atoms with van der Waals surface area (Å²) >= 11 is 0. The lowest BCUT2D eigenvalue weighted by Crippen LogP contribution is -2.25. The Morgan fingerprint density at radius 2 is 1.94 bits per heavy atom. The molecule has 0 amide bonds. The SMILES string of the molecule is CNC(CCc1ccc(OC)cc1)CCC1CC1. The minimum Gasteiger partial charge on any atom is -0.497 e. The van der Waals surface area contributed by atoms with Crippen LogP contribution in [-0.4, -0.2) is 20.2 Å². The number of benzene rings is 1. The summed E-state index contributed by atoms with van der Waals surface area (Å²) < 4.78 is 5.18. The third-order valence-corrected chi connectivity index (χ3v) is 3.97. The van der Waals surface area contributed by atoms with Crippen LogP contribution in [0.5, 0.6) is 5.75 Å². The van der Waals surface area contributed by atoms with E-state index >= 15 is 0 Å². The van der Waals surface area contributed by atoms with E-state index in [-0.39, 0.29) is 0 Å². The first-order valence-electron chi connectivity index (χ1n) is 7.12. The van der Waals surface area contributed by atoms with Gasteiger partial charge in [0.25, 0.3) is 0 Å². The topological polar surface area (TPSA) is 21.3 Å². The van der Waals surface area contributed by atoms with Crippen LogP contribution in [0.25, 0.3) is 0 Å². The highest BCUT2D eigenvalue weighted by Crippen LogP contribution is 2.34. The minimum absolute atomic E-state index is 0.674. The van der Waals surface area contributed by atoms with Gasteiger partial charge >= 0.3 is 0 Å². The highest BCUT2D eigenvalue weighted by Gasteiger charge is 2.21. The lowest BCUT2D eigenvalue weighted by Gasteiger charge is -2.16. The predicted octanol–water partition coefficient (Wildman–Crippen LogP) is 3.41. The molecule has 2 heteroatoms. The number of ether oxygens (including phenoxy) is 1. The highest BCUT2D eigenvalue weighted by molar-refractivity contribution is 5.27. The second-order valence-corrected chi connectivity index (χ2v) is 5.39. The van der Waals surface area contributed by atoms with Gasteiger partial charge in [-0.1, -0.05) is 25.0 Å². The molecule has 1 aliphatic rings. The molecule has 0 aromatic heterocycles. The number of rotatable bonds is 8. The zero-order valence-electron chi connectivity index (χ0n) is 11.6. The monoisotopic (exact) mass is 247 g/mol. The van der Waals surface area contributed by atoms with Crippen molar-refractivity contribution in [3.05, 3.63) is 29.8 Å². The zero-order valence-corrected chi connectivity index (χ0v) is 11.6. The first kappa shape index (κ1) is 13.4. The molecule has 1 aromatic carbocycles. The van der Waals surface area contributed by atoms with Gasteiger partial charge < -0.3 is 10.1 Å². The molecule has 1 saturated carbocycles. The first-order chi connectivity index (χ1) is 8.81. The Hall–Kier alpha value is -1.02. The molecule has 1 aromatic rings. The Balaban J connectivity index is 1.73. The van der Waals surface area contributed by atoms with Crippen LogP contribution >= 0.6 is 0 Å². The molecule has 1 aliphatic carbocycles. The van der Waals surface area contributed by atoms with Crippen molar-refractivity contribution in [1.29, 1.82) is 0 Å². The normalized spacial score (nSPS) is 16.6. The van der Waals surface area contributed by atoms with E-state index in [0.717, 1.165) is 18.1 Å². The van der Waals surface area contributed by atoms with Crippen LogP contribution in [0.2, 0.25) is 0 Å². The van der Waals surface area contributed by atoms with E-state index in [9.17, 15) is 0 Å². The van der Waals surface area contributed by atoms with E-state index in [0.29, 0.717) is 6.04 Å². The molecule has 0 spiro atoms. The van der Waals surface area contributed by atoms with E-state index in [2.05, 4.69) is 24.5 Å². The number of aryl methyl sites for hydroxylation is 1. The Labute approximate surface area is 111 Å². The van der Waals surface area contributed by atoms with Gasteiger partial charge in [-0.15, -0.1) is 0 Å². The van der Waals surface area contributed by atoms with Crippen molar-refractivity contribution in [3.63, 3.8) is 0 Å². The van der Waals surface area contributed by atoms with Gasteiger partial charge in [0.2, 0.25) is 0 Å². The maximum Gasteiger partial charge on any atom is 0.118 e. The summed E-state index contributed by atoms with van der Waals surface area (Å²) in [5.74, 6) is 1.99. The summed E-state index contributed by atoms with van der Waals surface area (Å²) in [4.78, 5) is 0. The maximum atomic E-state index is 5.18. The van der Waals surface area contributed by atoms with E-state index in [1.54, 1.807) is 7.11 Å². The Bertz CT molecular complexity index is 343. The Morgan fingerprint density at radius 1 is 1.22 bits per heavy atom.